The number of ether oxygens (including phenoxy) is 1. The van der Waals surface area contributed by atoms with Gasteiger partial charge in [-0.2, -0.15) is 0 Å². The molecule has 0 saturated heterocycles. The van der Waals surface area contributed by atoms with Crippen LogP contribution in [-0.2, 0) is 0 Å². The molecule has 0 amide bonds. The number of carbonyl (C=O) groups excluding carboxylic acids is 1. The van der Waals surface area contributed by atoms with Crippen LogP contribution in [0.5, 0.6) is 5.75 Å². The second-order valence-corrected chi connectivity index (χ2v) is 5.26. The van der Waals surface area contributed by atoms with E-state index in [4.69, 9.17) is 51.1 Å². The second-order valence-electron chi connectivity index (χ2n) is 3.69. The van der Waals surface area contributed by atoms with Crippen molar-refractivity contribution in [3.63, 3.8) is 0 Å². The van der Waals surface area contributed by atoms with E-state index in [-0.39, 0.29) is 31.4 Å². The Morgan fingerprint density at radius 2 is 1.55 bits per heavy atom. The highest BCUT2D eigenvalue weighted by molar-refractivity contribution is 6.50. The van der Waals surface area contributed by atoms with Gasteiger partial charge in [0.15, 0.2) is 5.75 Å². The number of hydrogen-bond acceptors (Lipinski definition) is 2. The first-order chi connectivity index (χ1) is 9.40. The van der Waals surface area contributed by atoms with Gasteiger partial charge in [-0.3, -0.25) is 0 Å². The molecule has 0 aliphatic rings. The fourth-order valence-corrected chi connectivity index (χ4v) is 2.36. The maximum absolute atomic E-state index is 12.8. The predicted octanol–water partition coefficient (Wildman–Crippen LogP) is 5.66. The summed E-state index contributed by atoms with van der Waals surface area (Å²) >= 11 is 23.4. The molecular weight excluding hydrogens is 349 g/mol. The van der Waals surface area contributed by atoms with Crippen LogP contribution in [0, 0.1) is 5.82 Å². The molecule has 20 heavy (non-hydrogen) atoms. The van der Waals surface area contributed by atoms with Crippen molar-refractivity contribution in [1.29, 1.82) is 0 Å². The van der Waals surface area contributed by atoms with Crippen LogP contribution in [0.4, 0.5) is 4.39 Å². The Kier molecular flexibility index (Phi) is 4.76. The molecule has 0 fully saturated rings. The SMILES string of the molecule is O=C(Oc1c(Cl)cc(Cl)c(Cl)c1Cl)c1ccc(F)cc1. The monoisotopic (exact) mass is 352 g/mol. The van der Waals surface area contributed by atoms with Crippen molar-refractivity contribution in [3.8, 4) is 5.75 Å². The maximum Gasteiger partial charge on any atom is 0.343 e. The molecule has 0 radical (unpaired) electrons. The molecule has 0 spiro atoms. The van der Waals surface area contributed by atoms with Crippen molar-refractivity contribution < 1.29 is 13.9 Å². The molecule has 0 aliphatic heterocycles. The Labute approximate surface area is 134 Å². The number of benzene rings is 2. The van der Waals surface area contributed by atoms with E-state index in [1.807, 2.05) is 0 Å². The average molecular weight is 354 g/mol. The quantitative estimate of drug-likeness (QED) is 0.301. The van der Waals surface area contributed by atoms with Crippen molar-refractivity contribution in [2.45, 2.75) is 0 Å². The van der Waals surface area contributed by atoms with Crippen LogP contribution in [0.1, 0.15) is 10.4 Å². The van der Waals surface area contributed by atoms with Crippen molar-refractivity contribution in [2.75, 3.05) is 0 Å². The third kappa shape index (κ3) is 3.18. The minimum atomic E-state index is -0.743. The van der Waals surface area contributed by atoms with E-state index in [1.54, 1.807) is 0 Å². The van der Waals surface area contributed by atoms with Gasteiger partial charge < -0.3 is 4.74 Å². The molecule has 2 nitrogen and oxygen atoms in total. The summed E-state index contributed by atoms with van der Waals surface area (Å²) in [6.07, 6.45) is 0. The van der Waals surface area contributed by atoms with Crippen molar-refractivity contribution >= 4 is 52.4 Å². The normalized spacial score (nSPS) is 10.4. The largest absolute Gasteiger partial charge is 0.420 e. The van der Waals surface area contributed by atoms with Gasteiger partial charge in [0.05, 0.1) is 20.6 Å². The molecule has 0 aromatic heterocycles. The van der Waals surface area contributed by atoms with Gasteiger partial charge in [0.25, 0.3) is 0 Å². The summed E-state index contributed by atoms with van der Waals surface area (Å²) in [7, 11) is 0. The Morgan fingerprint density at radius 3 is 2.15 bits per heavy atom. The molecule has 0 heterocycles. The van der Waals surface area contributed by atoms with Gasteiger partial charge in [-0.25, -0.2) is 9.18 Å². The predicted molar refractivity (Wildman–Crippen MR) is 77.8 cm³/mol. The molecule has 0 aliphatic carbocycles. The molecule has 0 saturated carbocycles. The first-order valence-corrected chi connectivity index (χ1v) is 6.72. The molecule has 104 valence electrons. The summed E-state index contributed by atoms with van der Waals surface area (Å²) < 4.78 is 17.8. The van der Waals surface area contributed by atoms with Crippen molar-refractivity contribution in [2.24, 2.45) is 0 Å². The molecule has 2 aromatic rings. The van der Waals surface area contributed by atoms with Crippen molar-refractivity contribution in [3.05, 3.63) is 61.8 Å². The van der Waals surface area contributed by atoms with Crippen LogP contribution in [0.25, 0.3) is 0 Å². The lowest BCUT2D eigenvalue weighted by Gasteiger charge is -2.10. The van der Waals surface area contributed by atoms with E-state index in [0.29, 0.717) is 0 Å². The number of rotatable bonds is 2. The summed E-state index contributed by atoms with van der Waals surface area (Å²) in [6.45, 7) is 0. The summed E-state index contributed by atoms with van der Waals surface area (Å²) in [4.78, 5) is 11.9. The Morgan fingerprint density at radius 1 is 0.950 bits per heavy atom. The molecule has 2 aromatic carbocycles. The van der Waals surface area contributed by atoms with E-state index < -0.39 is 11.8 Å². The van der Waals surface area contributed by atoms with Crippen LogP contribution in [-0.4, -0.2) is 5.97 Å². The van der Waals surface area contributed by atoms with Crippen LogP contribution in [0.15, 0.2) is 30.3 Å². The number of esters is 1. The highest BCUT2D eigenvalue weighted by Crippen LogP contribution is 2.42. The molecular formula is C13H5Cl4FO2. The Hall–Kier alpha value is -1.00. The van der Waals surface area contributed by atoms with Crippen LogP contribution >= 0.6 is 46.4 Å². The lowest BCUT2D eigenvalue weighted by Crippen LogP contribution is -2.09. The Bertz CT molecular complexity index is 671. The van der Waals surface area contributed by atoms with Crippen LogP contribution in [0.2, 0.25) is 20.1 Å². The molecule has 2 rings (SSSR count). The zero-order valence-corrected chi connectivity index (χ0v) is 12.6. The van der Waals surface area contributed by atoms with Gasteiger partial charge in [0.1, 0.15) is 10.8 Å². The smallest absolute Gasteiger partial charge is 0.343 e. The van der Waals surface area contributed by atoms with Gasteiger partial charge in [-0.05, 0) is 30.3 Å². The standard InChI is InChI=1S/C13H5Cl4FO2/c14-8-5-9(15)12(11(17)10(8)16)20-13(19)6-1-3-7(18)4-2-6/h1-5H. The summed E-state index contributed by atoms with van der Waals surface area (Å²) in [5.41, 5.74) is 0.143. The van der Waals surface area contributed by atoms with Crippen LogP contribution < -0.4 is 4.74 Å². The molecule has 0 N–H and O–H groups in total. The molecule has 0 atom stereocenters. The van der Waals surface area contributed by atoms with E-state index in [0.717, 1.165) is 12.1 Å². The van der Waals surface area contributed by atoms with E-state index in [9.17, 15) is 9.18 Å². The fourth-order valence-electron chi connectivity index (χ4n) is 1.38. The topological polar surface area (TPSA) is 26.3 Å². The fraction of sp³-hybridized carbons (Fsp3) is 0. The number of halogens is 5. The van der Waals surface area contributed by atoms with E-state index in [2.05, 4.69) is 0 Å². The van der Waals surface area contributed by atoms with Crippen LogP contribution in [0.3, 0.4) is 0 Å². The zero-order valence-electron chi connectivity index (χ0n) is 9.59. The number of carbonyl (C=O) groups is 1. The van der Waals surface area contributed by atoms with Crippen molar-refractivity contribution in [1.82, 2.24) is 0 Å². The lowest BCUT2D eigenvalue weighted by molar-refractivity contribution is 0.0735. The highest BCUT2D eigenvalue weighted by atomic mass is 35.5. The van der Waals surface area contributed by atoms with E-state index >= 15 is 0 Å². The lowest BCUT2D eigenvalue weighted by atomic mass is 10.2. The van der Waals surface area contributed by atoms with Gasteiger partial charge in [0.2, 0.25) is 0 Å². The third-order valence-electron chi connectivity index (χ3n) is 2.35. The third-order valence-corrected chi connectivity index (χ3v) is 3.87. The average Bonchev–Trinajstić information content (AvgIpc) is 2.42. The maximum atomic E-state index is 12.8. The minimum absolute atomic E-state index is 0.0274. The minimum Gasteiger partial charge on any atom is -0.420 e. The van der Waals surface area contributed by atoms with Gasteiger partial charge in [0, 0.05) is 0 Å². The summed E-state index contributed by atoms with van der Waals surface area (Å²) in [6, 6.07) is 6.13. The van der Waals surface area contributed by atoms with Gasteiger partial charge in [-0.15, -0.1) is 0 Å². The molecule has 0 bridgehead atoms. The first-order valence-electron chi connectivity index (χ1n) is 5.21. The second kappa shape index (κ2) is 6.19. The number of hydrogen-bond donors (Lipinski definition) is 0. The van der Waals surface area contributed by atoms with Gasteiger partial charge in [-0.1, -0.05) is 46.4 Å². The zero-order chi connectivity index (χ0) is 14.9. The molecule has 0 unspecified atom stereocenters. The van der Waals surface area contributed by atoms with Gasteiger partial charge >= 0.3 is 5.97 Å². The first kappa shape index (κ1) is 15.4. The summed E-state index contributed by atoms with van der Waals surface area (Å²) in [5.74, 6) is -1.31. The van der Waals surface area contributed by atoms with E-state index in [1.165, 1.54) is 18.2 Å². The summed E-state index contributed by atoms with van der Waals surface area (Å²) in [5, 5.41) is 0.141. The highest BCUT2D eigenvalue weighted by Gasteiger charge is 2.19. The Balaban J connectivity index is 2.33. The molecule has 7 heteroatoms.